The molecule has 4 rings (SSSR count). The zero-order valence-corrected chi connectivity index (χ0v) is 18.2. The summed E-state index contributed by atoms with van der Waals surface area (Å²) < 4.78 is 56.3. The van der Waals surface area contributed by atoms with Crippen LogP contribution in [0.4, 0.5) is 17.6 Å². The van der Waals surface area contributed by atoms with Crippen molar-refractivity contribution in [3.63, 3.8) is 0 Å². The Labute approximate surface area is 192 Å². The van der Waals surface area contributed by atoms with Crippen molar-refractivity contribution >= 4 is 11.9 Å². The lowest BCUT2D eigenvalue weighted by atomic mass is 9.82. The van der Waals surface area contributed by atoms with Gasteiger partial charge in [0, 0.05) is 25.2 Å². The predicted octanol–water partition coefficient (Wildman–Crippen LogP) is 4.32. The van der Waals surface area contributed by atoms with Crippen LogP contribution in [0.2, 0.25) is 0 Å². The molecule has 2 aromatic carbocycles. The van der Waals surface area contributed by atoms with Gasteiger partial charge in [-0.3, -0.25) is 9.69 Å². The number of alkyl halides is 3. The van der Waals surface area contributed by atoms with Gasteiger partial charge in [-0.15, -0.1) is 13.2 Å². The molecule has 0 saturated carbocycles. The van der Waals surface area contributed by atoms with Crippen molar-refractivity contribution in [1.82, 2.24) is 9.88 Å². The summed E-state index contributed by atoms with van der Waals surface area (Å²) in [5.41, 5.74) is 6.48. The number of guanidine groups is 1. The number of aryl methyl sites for hydroxylation is 1. The Bertz CT molecular complexity index is 1290. The van der Waals surface area contributed by atoms with Crippen molar-refractivity contribution in [2.45, 2.75) is 25.2 Å². The highest BCUT2D eigenvalue weighted by atomic mass is 19.4. The first-order valence-corrected chi connectivity index (χ1v) is 10.2. The summed E-state index contributed by atoms with van der Waals surface area (Å²) in [6.45, 7) is 1.48. The van der Waals surface area contributed by atoms with Crippen LogP contribution in [0.1, 0.15) is 16.7 Å². The van der Waals surface area contributed by atoms with E-state index in [-0.39, 0.29) is 29.3 Å². The molecule has 3 aromatic rings. The fraction of sp³-hybridized carbons (Fsp3) is 0.208. The van der Waals surface area contributed by atoms with Gasteiger partial charge in [0.15, 0.2) is 11.5 Å². The van der Waals surface area contributed by atoms with E-state index in [1.807, 2.05) is 0 Å². The molecule has 0 radical (unpaired) electrons. The number of nitrogens with zero attached hydrogens (tertiary/aromatic N) is 3. The van der Waals surface area contributed by atoms with E-state index in [0.29, 0.717) is 16.7 Å². The molecule has 1 aromatic heterocycles. The average Bonchev–Trinajstić information content (AvgIpc) is 2.99. The van der Waals surface area contributed by atoms with E-state index >= 15 is 0 Å². The normalized spacial score (nSPS) is 18.2. The van der Waals surface area contributed by atoms with Crippen LogP contribution >= 0.6 is 0 Å². The molecular formula is C24H20F4N4O2. The van der Waals surface area contributed by atoms with Crippen LogP contribution < -0.4 is 10.5 Å². The van der Waals surface area contributed by atoms with E-state index in [4.69, 9.17) is 5.73 Å². The third-order valence-corrected chi connectivity index (χ3v) is 5.64. The smallest absolute Gasteiger partial charge is 0.406 e. The first kappa shape index (κ1) is 23.2. The molecule has 0 fully saturated rings. The lowest BCUT2D eigenvalue weighted by molar-refractivity contribution is -0.274. The molecule has 1 aliphatic rings. The highest BCUT2D eigenvalue weighted by Crippen LogP contribution is 2.39. The number of pyridine rings is 1. The van der Waals surface area contributed by atoms with Crippen LogP contribution in [0.25, 0.3) is 11.1 Å². The molecule has 1 atom stereocenters. The highest BCUT2D eigenvalue weighted by molar-refractivity contribution is 6.07. The van der Waals surface area contributed by atoms with Crippen molar-refractivity contribution in [3.8, 4) is 16.9 Å². The fourth-order valence-electron chi connectivity index (χ4n) is 4.01. The molecule has 0 aliphatic carbocycles. The number of carbonyl (C=O) groups excluding carboxylic acids is 1. The molecule has 176 valence electrons. The molecule has 0 bridgehead atoms. The number of amides is 1. The average molecular weight is 472 g/mol. The van der Waals surface area contributed by atoms with Crippen LogP contribution in [0, 0.1) is 12.9 Å². The summed E-state index contributed by atoms with van der Waals surface area (Å²) in [5, 5.41) is 0. The van der Waals surface area contributed by atoms with Gasteiger partial charge in [0.25, 0.3) is 5.91 Å². The third-order valence-electron chi connectivity index (χ3n) is 5.64. The number of rotatable bonds is 5. The number of carbonyl (C=O) groups is 1. The van der Waals surface area contributed by atoms with E-state index in [9.17, 15) is 22.4 Å². The minimum Gasteiger partial charge on any atom is -0.406 e. The first-order valence-electron chi connectivity index (χ1n) is 10.2. The number of ether oxygens (including phenoxy) is 1. The van der Waals surface area contributed by atoms with Gasteiger partial charge in [0.2, 0.25) is 5.95 Å². The molecule has 0 saturated heterocycles. The SMILES string of the molecule is Cc1cc(C[C@]2(c3cccc(-c4cccnc4F)c3)N=C(N)N(C)C2=O)ccc1OC(F)(F)F. The van der Waals surface area contributed by atoms with Crippen LogP contribution in [0.15, 0.2) is 65.8 Å². The monoisotopic (exact) mass is 472 g/mol. The second-order valence-electron chi connectivity index (χ2n) is 7.94. The molecule has 2 heterocycles. The van der Waals surface area contributed by atoms with E-state index in [2.05, 4.69) is 14.7 Å². The Morgan fingerprint density at radius 2 is 1.88 bits per heavy atom. The van der Waals surface area contributed by atoms with Crippen molar-refractivity contribution in [3.05, 3.63) is 83.4 Å². The Kier molecular flexibility index (Phi) is 5.76. The third kappa shape index (κ3) is 4.30. The number of aromatic nitrogens is 1. The largest absolute Gasteiger partial charge is 0.573 e. The van der Waals surface area contributed by atoms with Crippen molar-refractivity contribution in [1.29, 1.82) is 0 Å². The Morgan fingerprint density at radius 1 is 1.12 bits per heavy atom. The summed E-state index contributed by atoms with van der Waals surface area (Å²) in [4.78, 5) is 22.7. The fourth-order valence-corrected chi connectivity index (χ4v) is 4.01. The maximum Gasteiger partial charge on any atom is 0.573 e. The standard InChI is InChI=1S/C24H20F4N4O2/c1-14-11-15(8-9-19(14)34-24(26,27)28)13-23(21(33)32(2)22(29)31-23)17-6-3-5-16(12-17)18-7-4-10-30-20(18)25/h3-12H,13H2,1-2H3,(H2,29,31)/t23-/m1/s1. The second kappa shape index (κ2) is 8.44. The van der Waals surface area contributed by atoms with Gasteiger partial charge >= 0.3 is 6.36 Å². The van der Waals surface area contributed by atoms with Crippen LogP contribution in [0.5, 0.6) is 5.75 Å². The van der Waals surface area contributed by atoms with E-state index < -0.39 is 23.8 Å². The number of benzene rings is 2. The van der Waals surface area contributed by atoms with Crippen LogP contribution in [-0.4, -0.2) is 35.2 Å². The summed E-state index contributed by atoms with van der Waals surface area (Å²) in [6, 6.07) is 14.0. The number of likely N-dealkylation sites (N-methyl/N-ethyl adjacent to an activating group) is 1. The van der Waals surface area contributed by atoms with Crippen LogP contribution in [-0.2, 0) is 16.8 Å². The molecule has 10 heteroatoms. The maximum atomic E-state index is 14.3. The van der Waals surface area contributed by atoms with Gasteiger partial charge in [0.05, 0.1) is 0 Å². The minimum atomic E-state index is -4.82. The summed E-state index contributed by atoms with van der Waals surface area (Å²) >= 11 is 0. The van der Waals surface area contributed by atoms with Crippen molar-refractivity contribution < 1.29 is 27.1 Å². The number of nitrogens with two attached hydrogens (primary N) is 1. The highest BCUT2D eigenvalue weighted by Gasteiger charge is 2.48. The predicted molar refractivity (Wildman–Crippen MR) is 117 cm³/mol. The van der Waals surface area contributed by atoms with Gasteiger partial charge in [-0.05, 0) is 53.4 Å². The molecule has 0 spiro atoms. The van der Waals surface area contributed by atoms with Crippen LogP contribution in [0.3, 0.4) is 0 Å². The number of hydrogen-bond donors (Lipinski definition) is 1. The molecule has 1 aliphatic heterocycles. The quantitative estimate of drug-likeness (QED) is 0.443. The van der Waals surface area contributed by atoms with E-state index in [1.165, 1.54) is 43.3 Å². The van der Waals surface area contributed by atoms with E-state index in [0.717, 1.165) is 0 Å². The molecule has 6 nitrogen and oxygen atoms in total. The summed E-state index contributed by atoms with van der Waals surface area (Å²) in [6.07, 6.45) is -3.47. The Morgan fingerprint density at radius 3 is 2.50 bits per heavy atom. The Hall–Kier alpha value is -3.95. The number of hydrogen-bond acceptors (Lipinski definition) is 5. The molecule has 2 N–H and O–H groups in total. The summed E-state index contributed by atoms with van der Waals surface area (Å²) in [5.74, 6) is -1.42. The van der Waals surface area contributed by atoms with Gasteiger partial charge < -0.3 is 10.5 Å². The van der Waals surface area contributed by atoms with Gasteiger partial charge in [-0.25, -0.2) is 9.98 Å². The van der Waals surface area contributed by atoms with Gasteiger partial charge in [-0.1, -0.05) is 30.3 Å². The number of halogens is 4. The molecule has 0 unspecified atom stereocenters. The zero-order chi connectivity index (χ0) is 24.7. The van der Waals surface area contributed by atoms with E-state index in [1.54, 1.807) is 36.4 Å². The van der Waals surface area contributed by atoms with Crippen molar-refractivity contribution in [2.75, 3.05) is 7.05 Å². The first-order chi connectivity index (χ1) is 16.0. The molecule has 34 heavy (non-hydrogen) atoms. The van der Waals surface area contributed by atoms with Gasteiger partial charge in [-0.2, -0.15) is 4.39 Å². The number of aliphatic imine (C=N–C) groups is 1. The Balaban J connectivity index is 1.78. The minimum absolute atomic E-state index is 0.00305. The molecular weight excluding hydrogens is 452 g/mol. The molecule has 1 amide bonds. The van der Waals surface area contributed by atoms with Crippen molar-refractivity contribution in [2.24, 2.45) is 10.7 Å². The lowest BCUT2D eigenvalue weighted by Gasteiger charge is -2.26. The zero-order valence-electron chi connectivity index (χ0n) is 18.2. The summed E-state index contributed by atoms with van der Waals surface area (Å²) in [7, 11) is 1.49. The lowest BCUT2D eigenvalue weighted by Crippen LogP contribution is -2.41. The topological polar surface area (TPSA) is 80.8 Å². The maximum absolute atomic E-state index is 14.3. The second-order valence-corrected chi connectivity index (χ2v) is 7.94. The van der Waals surface area contributed by atoms with Gasteiger partial charge in [0.1, 0.15) is 5.75 Å².